The number of thiazole rings is 1. The molecule has 1 N–H and O–H groups in total. The van der Waals surface area contributed by atoms with Crippen LogP contribution in [0.1, 0.15) is 58.2 Å². The first-order valence-electron chi connectivity index (χ1n) is 18.2. The predicted octanol–water partition coefficient (Wildman–Crippen LogP) is 8.71. The summed E-state index contributed by atoms with van der Waals surface area (Å²) in [7, 11) is 2.09. The fourth-order valence-electron chi connectivity index (χ4n) is 6.96. The Morgan fingerprint density at radius 2 is 1.60 bits per heavy atom. The Hall–Kier alpha value is -5.52. The Bertz CT molecular complexity index is 2350. The molecule has 55 heavy (non-hydrogen) atoms. The van der Waals surface area contributed by atoms with E-state index in [0.29, 0.717) is 59.8 Å². The minimum absolute atomic E-state index is 0.156. The Labute approximate surface area is 323 Å². The van der Waals surface area contributed by atoms with E-state index in [1.807, 2.05) is 45.0 Å². The van der Waals surface area contributed by atoms with Gasteiger partial charge in [-0.2, -0.15) is 5.26 Å². The third kappa shape index (κ3) is 7.99. The van der Waals surface area contributed by atoms with Gasteiger partial charge in [0.15, 0.2) is 16.6 Å². The first-order valence-corrected chi connectivity index (χ1v) is 19.1. The lowest BCUT2D eigenvalue weighted by Gasteiger charge is -2.37. The highest BCUT2D eigenvalue weighted by atomic mass is 32.1. The van der Waals surface area contributed by atoms with Crippen LogP contribution < -0.4 is 15.0 Å². The number of ether oxygens (including phenoxy) is 3. The van der Waals surface area contributed by atoms with Crippen LogP contribution in [0.5, 0.6) is 11.5 Å². The summed E-state index contributed by atoms with van der Waals surface area (Å²) in [5.41, 5.74) is 4.27. The summed E-state index contributed by atoms with van der Waals surface area (Å²) >= 11 is 0.974. The monoisotopic (exact) mass is 765 g/mol. The smallest absolute Gasteiger partial charge is 0.413 e. The first-order chi connectivity index (χ1) is 26.1. The number of pyridine rings is 1. The number of para-hydroxylation sites is 1. The molecule has 4 heterocycles. The summed E-state index contributed by atoms with van der Waals surface area (Å²) in [6.45, 7) is 14.2. The molecule has 0 unspecified atom stereocenters. The number of nitrogens with zero attached hydrogens (tertiary/aromatic N) is 6. The summed E-state index contributed by atoms with van der Waals surface area (Å²) in [4.78, 5) is 41.3. The van der Waals surface area contributed by atoms with Crippen LogP contribution in [0.2, 0.25) is 0 Å². The number of rotatable bonds is 5. The van der Waals surface area contributed by atoms with Gasteiger partial charge in [0.2, 0.25) is 0 Å². The van der Waals surface area contributed by atoms with Gasteiger partial charge >= 0.3 is 12.2 Å². The molecule has 0 spiro atoms. The van der Waals surface area contributed by atoms with E-state index in [2.05, 4.69) is 39.3 Å². The van der Waals surface area contributed by atoms with Crippen LogP contribution in [0, 0.1) is 17.1 Å². The molecule has 2 aromatic heterocycles. The molecule has 2 aliphatic rings. The molecule has 2 amide bonds. The second-order valence-electron chi connectivity index (χ2n) is 15.8. The molecule has 2 aliphatic heterocycles. The van der Waals surface area contributed by atoms with Gasteiger partial charge in [0.05, 0.1) is 16.1 Å². The van der Waals surface area contributed by atoms with E-state index in [0.717, 1.165) is 42.0 Å². The first kappa shape index (κ1) is 37.8. The number of benzene rings is 3. The Kier molecular flexibility index (Phi) is 10.0. The van der Waals surface area contributed by atoms with Crippen molar-refractivity contribution in [1.29, 1.82) is 5.26 Å². The van der Waals surface area contributed by atoms with Gasteiger partial charge in [-0.25, -0.2) is 23.9 Å². The number of likely N-dealkylation sites (N-methyl/N-ethyl adjacent to an activating group) is 1. The SMILES string of the molecule is CN1CCc2c(cccc2-c2nc3c(Oc4ccc(F)c5sc(NC(=O)OC(C)(C)C)nc45)cccc3c(N3CCN(C(=O)OC(C)(C)C)CC3)c2C#N)C1. The number of hydrogen-bond acceptors (Lipinski definition) is 11. The second-order valence-corrected chi connectivity index (χ2v) is 16.8. The molecule has 1 fully saturated rings. The van der Waals surface area contributed by atoms with Gasteiger partial charge in [-0.3, -0.25) is 5.32 Å². The highest BCUT2D eigenvalue weighted by Crippen LogP contribution is 2.44. The summed E-state index contributed by atoms with van der Waals surface area (Å²) in [6, 6.07) is 17.0. The standard InChI is InChI=1S/C41H44FN7O5S/c1-40(2,3)53-38(50)46-37-45-34-31(15-14-29(42)36(34)55-37)52-30-13-9-12-27-33(30)44-32(26-11-8-10-24-23-47(7)17-16-25(24)26)28(22-43)35(27)48-18-20-49(21-19-48)39(51)54-41(4,5)6/h8-15H,16-21,23H2,1-7H3,(H,45,46,50). The van der Waals surface area contributed by atoms with Crippen LogP contribution in [0.4, 0.5) is 24.8 Å². The van der Waals surface area contributed by atoms with Crippen molar-refractivity contribution in [3.63, 3.8) is 0 Å². The molecule has 7 rings (SSSR count). The summed E-state index contributed by atoms with van der Waals surface area (Å²) in [5, 5.41) is 14.4. The maximum Gasteiger partial charge on any atom is 0.413 e. The van der Waals surface area contributed by atoms with Crippen molar-refractivity contribution >= 4 is 55.5 Å². The number of nitriles is 1. The van der Waals surface area contributed by atoms with Crippen LogP contribution >= 0.6 is 11.3 Å². The van der Waals surface area contributed by atoms with Crippen LogP contribution in [-0.2, 0) is 22.4 Å². The zero-order chi connectivity index (χ0) is 39.2. The summed E-state index contributed by atoms with van der Waals surface area (Å²) in [6.07, 6.45) is -0.282. The molecule has 1 saturated heterocycles. The normalized spacial score (nSPS) is 15.1. The third-order valence-corrected chi connectivity index (χ3v) is 10.3. The molecule has 0 radical (unpaired) electrons. The molecule has 0 bridgehead atoms. The van der Waals surface area contributed by atoms with E-state index >= 15 is 4.39 Å². The van der Waals surface area contributed by atoms with E-state index in [9.17, 15) is 14.9 Å². The number of nitrogens with one attached hydrogen (secondary N) is 1. The topological polar surface area (TPSA) is 133 Å². The number of halogens is 1. The number of hydrogen-bond donors (Lipinski definition) is 1. The van der Waals surface area contributed by atoms with Crippen LogP contribution in [0.3, 0.4) is 0 Å². The number of piperazine rings is 1. The van der Waals surface area contributed by atoms with Crippen molar-refractivity contribution < 1.29 is 28.2 Å². The van der Waals surface area contributed by atoms with Crippen LogP contribution in [0.15, 0.2) is 48.5 Å². The van der Waals surface area contributed by atoms with Crippen molar-refractivity contribution in [1.82, 2.24) is 19.8 Å². The summed E-state index contributed by atoms with van der Waals surface area (Å²) in [5.74, 6) is 0.128. The zero-order valence-electron chi connectivity index (χ0n) is 32.1. The van der Waals surface area contributed by atoms with Gasteiger partial charge in [0, 0.05) is 50.2 Å². The van der Waals surface area contributed by atoms with Gasteiger partial charge in [0.25, 0.3) is 0 Å². The molecule has 0 atom stereocenters. The molecule has 12 nitrogen and oxygen atoms in total. The van der Waals surface area contributed by atoms with Crippen molar-refractivity contribution in [2.24, 2.45) is 0 Å². The fourth-order valence-corrected chi connectivity index (χ4v) is 7.84. The number of carbonyl (C=O) groups is 2. The largest absolute Gasteiger partial charge is 0.453 e. The fraction of sp³-hybridized carbons (Fsp3) is 0.390. The lowest BCUT2D eigenvalue weighted by Crippen LogP contribution is -2.50. The minimum atomic E-state index is -0.730. The Morgan fingerprint density at radius 1 is 0.891 bits per heavy atom. The maximum atomic E-state index is 15.2. The lowest BCUT2D eigenvalue weighted by atomic mass is 9.90. The molecule has 14 heteroatoms. The van der Waals surface area contributed by atoms with Crippen molar-refractivity contribution in [2.75, 3.05) is 50.0 Å². The van der Waals surface area contributed by atoms with E-state index < -0.39 is 23.1 Å². The zero-order valence-corrected chi connectivity index (χ0v) is 32.9. The van der Waals surface area contributed by atoms with Crippen LogP contribution in [-0.4, -0.2) is 82.9 Å². The van der Waals surface area contributed by atoms with E-state index in [1.54, 1.807) is 31.7 Å². The number of anilines is 2. The highest BCUT2D eigenvalue weighted by molar-refractivity contribution is 7.22. The molecular weight excluding hydrogens is 722 g/mol. The Morgan fingerprint density at radius 3 is 2.31 bits per heavy atom. The Balaban J connectivity index is 1.34. The van der Waals surface area contributed by atoms with Crippen molar-refractivity contribution in [3.05, 3.63) is 71.0 Å². The molecule has 5 aromatic rings. The van der Waals surface area contributed by atoms with Gasteiger partial charge in [-0.1, -0.05) is 41.7 Å². The quantitative estimate of drug-likeness (QED) is 0.185. The van der Waals surface area contributed by atoms with Gasteiger partial charge < -0.3 is 28.9 Å². The van der Waals surface area contributed by atoms with Gasteiger partial charge in [-0.05, 0) is 84.3 Å². The highest BCUT2D eigenvalue weighted by Gasteiger charge is 2.31. The number of fused-ring (bicyclic) bond motifs is 3. The van der Waals surface area contributed by atoms with Crippen molar-refractivity contribution in [3.8, 4) is 28.8 Å². The average molecular weight is 766 g/mol. The van der Waals surface area contributed by atoms with Crippen molar-refractivity contribution in [2.45, 2.75) is 65.7 Å². The number of aromatic nitrogens is 2. The van der Waals surface area contributed by atoms with Crippen LogP contribution in [0.25, 0.3) is 32.4 Å². The second kappa shape index (κ2) is 14.6. The van der Waals surface area contributed by atoms with E-state index in [4.69, 9.17) is 19.2 Å². The predicted molar refractivity (Wildman–Crippen MR) is 211 cm³/mol. The molecule has 0 aliphatic carbocycles. The van der Waals surface area contributed by atoms with Gasteiger partial charge in [0.1, 0.15) is 39.7 Å². The molecule has 3 aromatic carbocycles. The molecule has 0 saturated carbocycles. The van der Waals surface area contributed by atoms with E-state index in [-0.39, 0.29) is 27.2 Å². The number of amides is 2. The average Bonchev–Trinajstić information content (AvgIpc) is 3.55. The molecule has 286 valence electrons. The third-order valence-electron chi connectivity index (χ3n) is 9.31. The number of carbonyl (C=O) groups excluding carboxylic acids is 2. The lowest BCUT2D eigenvalue weighted by molar-refractivity contribution is 0.0240. The summed E-state index contributed by atoms with van der Waals surface area (Å²) < 4.78 is 33.0. The van der Waals surface area contributed by atoms with Gasteiger partial charge in [-0.15, -0.1) is 0 Å². The minimum Gasteiger partial charge on any atom is -0.453 e. The molecular formula is C41H44FN7O5S. The maximum absolute atomic E-state index is 15.2. The van der Waals surface area contributed by atoms with E-state index in [1.165, 1.54) is 17.7 Å².